The van der Waals surface area contributed by atoms with Crippen molar-refractivity contribution in [3.8, 4) is 0 Å². The van der Waals surface area contributed by atoms with Crippen molar-refractivity contribution in [2.24, 2.45) is 0 Å². The van der Waals surface area contributed by atoms with Crippen LogP contribution < -0.4 is 9.88 Å². The van der Waals surface area contributed by atoms with Gasteiger partial charge in [0.25, 0.3) is 0 Å². The standard InChI is InChI=1S/C34H57N3O7/c1-4-6-7-8-9-10-11-12-13-14-15-16-17-18-20-23-35-33(39)42-27-31-26-41-32(44-31)28-43-34(40)37(29(3)38)25-30-22-19-21-24-36(30)5-2/h19,21-22,24,31-32H,4-18,20,23,25-28H2,1-3H3/p+1. The molecule has 0 radical (unpaired) electrons. The van der Waals surface area contributed by atoms with E-state index < -0.39 is 30.5 Å². The molecule has 10 nitrogen and oxygen atoms in total. The van der Waals surface area contributed by atoms with Crippen LogP contribution in [0.25, 0.3) is 0 Å². The number of aromatic nitrogens is 1. The Kier molecular flexibility index (Phi) is 20.1. The molecule has 1 fully saturated rings. The summed E-state index contributed by atoms with van der Waals surface area (Å²) in [6.07, 6.45) is 19.0. The maximum Gasteiger partial charge on any atom is 0.417 e. The van der Waals surface area contributed by atoms with Crippen molar-refractivity contribution < 1.29 is 37.9 Å². The number of imide groups is 1. The Morgan fingerprint density at radius 3 is 2.07 bits per heavy atom. The summed E-state index contributed by atoms with van der Waals surface area (Å²) in [6, 6.07) is 5.61. The molecule has 2 unspecified atom stereocenters. The minimum atomic E-state index is -0.790. The number of pyridine rings is 1. The quantitative estimate of drug-likeness (QED) is 0.106. The van der Waals surface area contributed by atoms with Gasteiger partial charge in [-0.1, -0.05) is 103 Å². The largest absolute Gasteiger partial charge is 0.447 e. The second-order valence-electron chi connectivity index (χ2n) is 11.7. The van der Waals surface area contributed by atoms with Crippen LogP contribution in [0.1, 0.15) is 123 Å². The number of ether oxygens (including phenoxy) is 4. The van der Waals surface area contributed by atoms with Crippen LogP contribution in [0.3, 0.4) is 0 Å². The van der Waals surface area contributed by atoms with E-state index in [1.165, 1.54) is 90.4 Å². The number of rotatable bonds is 23. The zero-order valence-corrected chi connectivity index (χ0v) is 27.6. The Hall–Kier alpha value is -2.72. The van der Waals surface area contributed by atoms with Crippen LogP contribution in [0, 0.1) is 0 Å². The molecule has 3 amide bonds. The molecule has 0 spiro atoms. The lowest BCUT2D eigenvalue weighted by Gasteiger charge is -2.19. The third-order valence-corrected chi connectivity index (χ3v) is 7.90. The van der Waals surface area contributed by atoms with E-state index in [1.54, 1.807) is 0 Å². The summed E-state index contributed by atoms with van der Waals surface area (Å²) in [5.74, 6) is -0.420. The molecule has 0 saturated carbocycles. The second-order valence-corrected chi connectivity index (χ2v) is 11.7. The van der Waals surface area contributed by atoms with Gasteiger partial charge in [0.05, 0.1) is 6.61 Å². The van der Waals surface area contributed by atoms with Crippen molar-refractivity contribution in [3.05, 3.63) is 30.1 Å². The highest BCUT2D eigenvalue weighted by Gasteiger charge is 2.30. The molecule has 2 atom stereocenters. The third kappa shape index (κ3) is 16.4. The molecule has 1 aromatic heterocycles. The number of amides is 3. The minimum absolute atomic E-state index is 0.0414. The van der Waals surface area contributed by atoms with Crippen molar-refractivity contribution in [2.45, 2.75) is 143 Å². The molecule has 10 heteroatoms. The second kappa shape index (κ2) is 23.6. The van der Waals surface area contributed by atoms with Gasteiger partial charge in [-0.2, -0.15) is 0 Å². The maximum absolute atomic E-state index is 12.6. The van der Waals surface area contributed by atoms with E-state index in [-0.39, 0.29) is 26.4 Å². The first-order chi connectivity index (χ1) is 21.4. The number of carbonyl (C=O) groups excluding carboxylic acids is 3. The predicted molar refractivity (Wildman–Crippen MR) is 169 cm³/mol. The number of aryl methyl sites for hydroxylation is 1. The molecule has 44 heavy (non-hydrogen) atoms. The average Bonchev–Trinajstić information content (AvgIpc) is 3.49. The van der Waals surface area contributed by atoms with Crippen LogP contribution in [0.4, 0.5) is 9.59 Å². The zero-order valence-electron chi connectivity index (χ0n) is 27.6. The van der Waals surface area contributed by atoms with Crippen molar-refractivity contribution in [3.63, 3.8) is 0 Å². The Bertz CT molecular complexity index is 945. The van der Waals surface area contributed by atoms with E-state index in [4.69, 9.17) is 18.9 Å². The first-order valence-electron chi connectivity index (χ1n) is 17.0. The van der Waals surface area contributed by atoms with E-state index in [9.17, 15) is 14.4 Å². The fourth-order valence-electron chi connectivity index (χ4n) is 5.24. The number of hydrogen-bond donors (Lipinski definition) is 1. The molecule has 0 aliphatic carbocycles. The van der Waals surface area contributed by atoms with Crippen molar-refractivity contribution >= 4 is 18.1 Å². The summed E-state index contributed by atoms with van der Waals surface area (Å²) < 4.78 is 23.7. The monoisotopic (exact) mass is 620 g/mol. The normalized spacial score (nSPS) is 16.1. The topological polar surface area (TPSA) is 107 Å². The van der Waals surface area contributed by atoms with Gasteiger partial charge in [0.1, 0.15) is 32.4 Å². The summed E-state index contributed by atoms with van der Waals surface area (Å²) in [7, 11) is 0. The van der Waals surface area contributed by atoms with E-state index in [0.29, 0.717) is 13.1 Å². The van der Waals surface area contributed by atoms with Crippen molar-refractivity contribution in [2.75, 3.05) is 26.4 Å². The van der Waals surface area contributed by atoms with Gasteiger partial charge in [-0.25, -0.2) is 19.1 Å². The maximum atomic E-state index is 12.6. The Morgan fingerprint density at radius 2 is 1.48 bits per heavy atom. The molecule has 1 saturated heterocycles. The highest BCUT2D eigenvalue weighted by Crippen LogP contribution is 2.15. The van der Waals surface area contributed by atoms with Gasteiger partial charge in [0.15, 0.2) is 12.5 Å². The van der Waals surface area contributed by atoms with Gasteiger partial charge in [-0.05, 0) is 13.3 Å². The fraction of sp³-hybridized carbons (Fsp3) is 0.765. The number of nitrogens with one attached hydrogen (secondary N) is 1. The summed E-state index contributed by atoms with van der Waals surface area (Å²) in [5, 5.41) is 2.79. The van der Waals surface area contributed by atoms with Gasteiger partial charge in [0.2, 0.25) is 11.6 Å². The zero-order chi connectivity index (χ0) is 31.8. The molecule has 0 aromatic carbocycles. The van der Waals surface area contributed by atoms with Gasteiger partial charge in [-0.15, -0.1) is 0 Å². The van der Waals surface area contributed by atoms with E-state index >= 15 is 0 Å². The van der Waals surface area contributed by atoms with Crippen LogP contribution in [-0.4, -0.2) is 61.8 Å². The fourth-order valence-corrected chi connectivity index (χ4v) is 5.24. The van der Waals surface area contributed by atoms with Crippen LogP contribution in [0.5, 0.6) is 0 Å². The van der Waals surface area contributed by atoms with Crippen LogP contribution in [-0.2, 0) is 36.8 Å². The number of unbranched alkanes of at least 4 members (excludes halogenated alkanes) is 14. The number of alkyl carbamates (subject to hydrolysis) is 1. The summed E-state index contributed by atoms with van der Waals surface area (Å²) >= 11 is 0. The SMILES string of the molecule is CCCCCCCCCCCCCCCCCNC(=O)OCC1COC(COC(=O)N(Cc2cccc[n+]2CC)C(C)=O)O1. The molecule has 1 aliphatic rings. The highest BCUT2D eigenvalue weighted by atomic mass is 16.7. The van der Waals surface area contributed by atoms with E-state index in [0.717, 1.165) is 23.4 Å². The molecule has 2 heterocycles. The van der Waals surface area contributed by atoms with Crippen LogP contribution >= 0.6 is 0 Å². The van der Waals surface area contributed by atoms with Gasteiger partial charge in [-0.3, -0.25) is 4.79 Å². The molecular weight excluding hydrogens is 562 g/mol. The third-order valence-electron chi connectivity index (χ3n) is 7.90. The minimum Gasteiger partial charge on any atom is -0.447 e. The van der Waals surface area contributed by atoms with E-state index in [1.807, 2.05) is 35.9 Å². The Morgan fingerprint density at radius 1 is 0.864 bits per heavy atom. The van der Waals surface area contributed by atoms with Crippen LogP contribution in [0.2, 0.25) is 0 Å². The van der Waals surface area contributed by atoms with Gasteiger partial charge < -0.3 is 24.3 Å². The van der Waals surface area contributed by atoms with Crippen LogP contribution in [0.15, 0.2) is 24.4 Å². The van der Waals surface area contributed by atoms with Crippen molar-refractivity contribution in [1.29, 1.82) is 0 Å². The lowest BCUT2D eigenvalue weighted by Crippen LogP contribution is -2.43. The molecule has 2 rings (SSSR count). The molecule has 1 N–H and O–H groups in total. The predicted octanol–water partition coefficient (Wildman–Crippen LogP) is 6.82. The molecule has 1 aliphatic heterocycles. The molecule has 1 aromatic rings. The van der Waals surface area contributed by atoms with Crippen molar-refractivity contribution in [1.82, 2.24) is 10.2 Å². The Labute approximate surface area is 265 Å². The first-order valence-corrected chi connectivity index (χ1v) is 17.0. The Balaban J connectivity index is 1.46. The number of nitrogens with zero attached hydrogens (tertiary/aromatic N) is 2. The van der Waals surface area contributed by atoms with Gasteiger partial charge >= 0.3 is 12.2 Å². The molecule has 0 bridgehead atoms. The summed E-state index contributed by atoms with van der Waals surface area (Å²) in [5.41, 5.74) is 0.811. The van der Waals surface area contributed by atoms with Gasteiger partial charge in [0, 0.05) is 25.6 Å². The summed E-state index contributed by atoms with van der Waals surface area (Å²) in [6.45, 7) is 7.05. The van der Waals surface area contributed by atoms with E-state index in [2.05, 4.69) is 12.2 Å². The lowest BCUT2D eigenvalue weighted by atomic mass is 10.0. The first kappa shape index (κ1) is 37.5. The molecule has 250 valence electrons. The smallest absolute Gasteiger partial charge is 0.417 e. The summed E-state index contributed by atoms with van der Waals surface area (Å²) in [4.78, 5) is 37.8. The number of hydrogen-bond acceptors (Lipinski definition) is 7. The highest BCUT2D eigenvalue weighted by molar-refractivity contribution is 5.90. The molecular formula is C34H58N3O7+. The lowest BCUT2D eigenvalue weighted by molar-refractivity contribution is -0.701. The number of carbonyl (C=O) groups is 3. The average molecular weight is 621 g/mol.